The van der Waals surface area contributed by atoms with Gasteiger partial charge in [-0.3, -0.25) is 4.79 Å². The van der Waals surface area contributed by atoms with Gasteiger partial charge in [0.1, 0.15) is 12.4 Å². The van der Waals surface area contributed by atoms with Crippen LogP contribution in [0.2, 0.25) is 5.02 Å². The Morgan fingerprint density at radius 3 is 2.85 bits per heavy atom. The summed E-state index contributed by atoms with van der Waals surface area (Å²) < 4.78 is 10.9. The van der Waals surface area contributed by atoms with Crippen molar-refractivity contribution in [1.29, 1.82) is 0 Å². The van der Waals surface area contributed by atoms with Gasteiger partial charge in [-0.05, 0) is 42.3 Å². The number of carbonyl (C=O) groups excluding carboxylic acids is 1. The van der Waals surface area contributed by atoms with Crippen LogP contribution in [0.1, 0.15) is 21.8 Å². The second-order valence-electron chi connectivity index (χ2n) is 6.33. The van der Waals surface area contributed by atoms with Crippen molar-refractivity contribution >= 4 is 17.5 Å². The van der Waals surface area contributed by atoms with E-state index >= 15 is 0 Å². The molecule has 0 fully saturated rings. The Balaban J connectivity index is 1.71. The maximum absolute atomic E-state index is 12.8. The van der Waals surface area contributed by atoms with Crippen molar-refractivity contribution in [1.82, 2.24) is 9.88 Å². The number of amides is 1. The minimum atomic E-state index is -0.231. The van der Waals surface area contributed by atoms with Gasteiger partial charge in [0, 0.05) is 17.1 Å². The number of nitrogens with zero attached hydrogens (tertiary/aromatic N) is 2. The van der Waals surface area contributed by atoms with E-state index in [1.165, 1.54) is 6.39 Å². The lowest BCUT2D eigenvalue weighted by Gasteiger charge is -2.19. The molecule has 0 saturated carbocycles. The van der Waals surface area contributed by atoms with Crippen molar-refractivity contribution in [2.75, 3.05) is 13.2 Å². The van der Waals surface area contributed by atoms with Crippen LogP contribution in [0.3, 0.4) is 0 Å². The van der Waals surface area contributed by atoms with Gasteiger partial charge in [-0.1, -0.05) is 23.7 Å². The second kappa shape index (κ2) is 6.96. The number of oxazole rings is 1. The van der Waals surface area contributed by atoms with E-state index in [9.17, 15) is 9.90 Å². The van der Waals surface area contributed by atoms with E-state index in [0.717, 1.165) is 16.7 Å². The number of ether oxygens (including phenoxy) is 1. The minimum Gasteiger partial charge on any atom is -0.504 e. The third-order valence-corrected chi connectivity index (χ3v) is 4.74. The maximum Gasteiger partial charge on any atom is 0.276 e. The highest BCUT2D eigenvalue weighted by Gasteiger charge is 2.26. The number of carbonyl (C=O) groups is 1. The largest absolute Gasteiger partial charge is 0.504 e. The molecule has 138 valence electrons. The molecule has 4 rings (SSSR count). The van der Waals surface area contributed by atoms with E-state index in [4.69, 9.17) is 20.8 Å². The molecule has 0 saturated heterocycles. The fourth-order valence-corrected chi connectivity index (χ4v) is 3.36. The first-order valence-electron chi connectivity index (χ1n) is 8.47. The molecule has 1 amide bonds. The van der Waals surface area contributed by atoms with Gasteiger partial charge in [0.15, 0.2) is 23.6 Å². The van der Waals surface area contributed by atoms with Crippen LogP contribution in [-0.4, -0.2) is 34.0 Å². The Bertz CT molecular complexity index is 1010. The summed E-state index contributed by atoms with van der Waals surface area (Å²) in [4.78, 5) is 18.4. The van der Waals surface area contributed by atoms with E-state index in [1.807, 2.05) is 24.3 Å². The number of fused-ring (bicyclic) bond motifs is 1. The average molecular weight is 385 g/mol. The number of halogens is 1. The molecule has 7 heteroatoms. The molecule has 2 aromatic carbocycles. The zero-order chi connectivity index (χ0) is 19.0. The molecule has 1 aliphatic rings. The van der Waals surface area contributed by atoms with Crippen molar-refractivity contribution in [3.8, 4) is 22.6 Å². The van der Waals surface area contributed by atoms with Crippen molar-refractivity contribution in [2.24, 2.45) is 0 Å². The number of hydrogen-bond donors (Lipinski definition) is 1. The number of hydrogen-bond acceptors (Lipinski definition) is 5. The first-order valence-corrected chi connectivity index (χ1v) is 8.84. The summed E-state index contributed by atoms with van der Waals surface area (Å²) in [6, 6.07) is 10.9. The molecule has 0 bridgehead atoms. The van der Waals surface area contributed by atoms with Crippen LogP contribution in [0.15, 0.2) is 47.2 Å². The van der Waals surface area contributed by atoms with Crippen LogP contribution < -0.4 is 4.74 Å². The fraction of sp³-hybridized carbons (Fsp3) is 0.200. The molecule has 2 heterocycles. The highest BCUT2D eigenvalue weighted by Crippen LogP contribution is 2.38. The van der Waals surface area contributed by atoms with E-state index < -0.39 is 0 Å². The predicted octanol–water partition coefficient (Wildman–Crippen LogP) is 4.04. The van der Waals surface area contributed by atoms with Gasteiger partial charge in [0.05, 0.1) is 6.54 Å². The van der Waals surface area contributed by atoms with Crippen LogP contribution in [0.4, 0.5) is 0 Å². The van der Waals surface area contributed by atoms with Gasteiger partial charge in [0.25, 0.3) is 5.91 Å². The zero-order valence-electron chi connectivity index (χ0n) is 14.6. The number of phenolic OH excluding ortho intramolecular Hbond substituents is 1. The van der Waals surface area contributed by atoms with Crippen LogP contribution in [0.25, 0.3) is 11.1 Å². The second-order valence-corrected chi connectivity index (χ2v) is 6.76. The molecule has 0 spiro atoms. The van der Waals surface area contributed by atoms with Gasteiger partial charge in [-0.25, -0.2) is 4.98 Å². The lowest BCUT2D eigenvalue weighted by molar-refractivity contribution is 0.0726. The number of phenols is 1. The molecule has 0 aliphatic carbocycles. The molecule has 27 heavy (non-hydrogen) atoms. The zero-order valence-corrected chi connectivity index (χ0v) is 15.4. The normalized spacial score (nSPS) is 13.6. The molecule has 0 atom stereocenters. The smallest absolute Gasteiger partial charge is 0.276 e. The summed E-state index contributed by atoms with van der Waals surface area (Å²) in [5, 5.41) is 11.1. The summed E-state index contributed by atoms with van der Waals surface area (Å²) in [5.41, 5.74) is 2.67. The van der Waals surface area contributed by atoms with E-state index in [2.05, 4.69) is 4.98 Å². The predicted molar refractivity (Wildman–Crippen MR) is 100 cm³/mol. The Morgan fingerprint density at radius 1 is 1.26 bits per heavy atom. The summed E-state index contributed by atoms with van der Waals surface area (Å²) in [6.45, 7) is 2.65. The number of aromatic hydroxyl groups is 1. The van der Waals surface area contributed by atoms with Gasteiger partial charge in [0.2, 0.25) is 0 Å². The van der Waals surface area contributed by atoms with Gasteiger partial charge in [-0.15, -0.1) is 0 Å². The Morgan fingerprint density at radius 2 is 2.11 bits per heavy atom. The number of aryl methyl sites for hydroxylation is 1. The summed E-state index contributed by atoms with van der Waals surface area (Å²) in [7, 11) is 0. The van der Waals surface area contributed by atoms with Crippen molar-refractivity contribution < 1.29 is 19.1 Å². The Hall–Kier alpha value is -2.99. The van der Waals surface area contributed by atoms with Crippen molar-refractivity contribution in [3.05, 3.63) is 64.8 Å². The Labute approximate surface area is 161 Å². The lowest BCUT2D eigenvalue weighted by atomic mass is 10.0. The van der Waals surface area contributed by atoms with Gasteiger partial charge < -0.3 is 19.2 Å². The van der Waals surface area contributed by atoms with Crippen molar-refractivity contribution in [2.45, 2.75) is 13.5 Å². The maximum atomic E-state index is 12.8. The molecule has 1 aliphatic heterocycles. The average Bonchev–Trinajstić information content (AvgIpc) is 2.95. The molecule has 6 nitrogen and oxygen atoms in total. The molecule has 0 unspecified atom stereocenters. The summed E-state index contributed by atoms with van der Waals surface area (Å²) >= 11 is 6.08. The molecular formula is C20H17ClN2O4. The number of benzene rings is 2. The van der Waals surface area contributed by atoms with E-state index in [-0.39, 0.29) is 24.0 Å². The minimum absolute atomic E-state index is 0.0365. The fourth-order valence-electron chi connectivity index (χ4n) is 3.17. The quantitative estimate of drug-likeness (QED) is 0.721. The third kappa shape index (κ3) is 3.36. The van der Waals surface area contributed by atoms with Gasteiger partial charge >= 0.3 is 0 Å². The monoisotopic (exact) mass is 384 g/mol. The first kappa shape index (κ1) is 17.4. The molecule has 1 N–H and O–H groups in total. The van der Waals surface area contributed by atoms with Crippen LogP contribution in [-0.2, 0) is 6.54 Å². The Kier molecular flexibility index (Phi) is 4.49. The SMILES string of the molecule is Cc1ocnc1C(=O)N1CCOc2c(O)cc(-c3cccc(Cl)c3)cc2C1. The molecule has 0 radical (unpaired) electrons. The van der Waals surface area contributed by atoms with Crippen LogP contribution in [0, 0.1) is 6.92 Å². The highest BCUT2D eigenvalue weighted by atomic mass is 35.5. The summed E-state index contributed by atoms with van der Waals surface area (Å²) in [6.07, 6.45) is 1.26. The topological polar surface area (TPSA) is 75.8 Å². The number of rotatable bonds is 2. The molecule has 3 aromatic rings. The lowest BCUT2D eigenvalue weighted by Crippen LogP contribution is -2.33. The molecule has 1 aromatic heterocycles. The third-order valence-electron chi connectivity index (χ3n) is 4.51. The van der Waals surface area contributed by atoms with E-state index in [1.54, 1.807) is 24.0 Å². The standard InChI is InChI=1S/C20H17ClN2O4/c1-12-18(22-11-27-12)20(25)23-5-6-26-19-15(10-23)7-14(9-17(19)24)13-3-2-4-16(21)8-13/h2-4,7-9,11,24H,5-6,10H2,1H3. The number of aromatic nitrogens is 1. The molecular weight excluding hydrogens is 368 g/mol. The van der Waals surface area contributed by atoms with Crippen LogP contribution >= 0.6 is 11.6 Å². The van der Waals surface area contributed by atoms with Gasteiger partial charge in [-0.2, -0.15) is 0 Å². The van der Waals surface area contributed by atoms with E-state index in [0.29, 0.717) is 29.6 Å². The van der Waals surface area contributed by atoms with Crippen molar-refractivity contribution in [3.63, 3.8) is 0 Å². The summed E-state index contributed by atoms with van der Waals surface area (Å²) in [5.74, 6) is 0.675. The first-order chi connectivity index (χ1) is 13.0. The highest BCUT2D eigenvalue weighted by molar-refractivity contribution is 6.30. The van der Waals surface area contributed by atoms with Crippen LogP contribution in [0.5, 0.6) is 11.5 Å².